The number of halogens is 1. The van der Waals surface area contributed by atoms with E-state index in [4.69, 9.17) is 0 Å². The monoisotopic (exact) mass is 332 g/mol. The number of hydrogen-bond acceptors (Lipinski definition) is 3. The molecule has 122 valence electrons. The molecule has 0 unspecified atom stereocenters. The Kier molecular flexibility index (Phi) is 4.41. The van der Waals surface area contributed by atoms with Gasteiger partial charge in [0.15, 0.2) is 5.69 Å². The topological polar surface area (TPSA) is 69.8 Å². The van der Waals surface area contributed by atoms with Crippen molar-refractivity contribution in [2.45, 2.75) is 37.8 Å². The van der Waals surface area contributed by atoms with Crippen LogP contribution < -0.4 is 10.6 Å². The number of benzene rings is 1. The number of carbonyl (C=O) groups is 1. The van der Waals surface area contributed by atoms with Crippen molar-refractivity contribution >= 4 is 18.3 Å². The highest BCUT2D eigenvalue weighted by Crippen LogP contribution is 2.41. The van der Waals surface area contributed by atoms with Crippen LogP contribution in [-0.2, 0) is 18.5 Å². The van der Waals surface area contributed by atoms with Gasteiger partial charge in [-0.05, 0) is 24.8 Å². The van der Waals surface area contributed by atoms with Crippen LogP contribution in [0.5, 0.6) is 0 Å². The van der Waals surface area contributed by atoms with Crippen molar-refractivity contribution in [3.63, 3.8) is 0 Å². The molecule has 0 spiro atoms. The maximum atomic E-state index is 12.7. The van der Waals surface area contributed by atoms with E-state index < -0.39 is 0 Å². The van der Waals surface area contributed by atoms with Gasteiger partial charge in [0.2, 0.25) is 0 Å². The molecule has 0 saturated heterocycles. The van der Waals surface area contributed by atoms with E-state index in [9.17, 15) is 4.79 Å². The molecule has 5 nitrogen and oxygen atoms in total. The number of nitrogens with zero attached hydrogens (tertiary/aromatic N) is 1. The van der Waals surface area contributed by atoms with Crippen molar-refractivity contribution in [2.24, 2.45) is 0 Å². The van der Waals surface area contributed by atoms with Gasteiger partial charge in [-0.25, -0.2) is 0 Å². The summed E-state index contributed by atoms with van der Waals surface area (Å²) >= 11 is 0. The Labute approximate surface area is 141 Å². The normalized spacial score (nSPS) is 18.3. The zero-order valence-electron chi connectivity index (χ0n) is 12.9. The smallest absolute Gasteiger partial charge is 0.272 e. The molecule has 2 aliphatic rings. The van der Waals surface area contributed by atoms with Crippen molar-refractivity contribution in [1.29, 1.82) is 0 Å². The highest BCUT2D eigenvalue weighted by molar-refractivity contribution is 5.94. The molecule has 0 atom stereocenters. The van der Waals surface area contributed by atoms with E-state index in [0.717, 1.165) is 43.5 Å². The van der Waals surface area contributed by atoms with Crippen molar-refractivity contribution in [1.82, 2.24) is 20.8 Å². The lowest BCUT2D eigenvalue weighted by atomic mass is 9.71. The van der Waals surface area contributed by atoms with Crippen molar-refractivity contribution < 1.29 is 4.79 Å². The Bertz CT molecular complexity index is 694. The molecule has 0 radical (unpaired) electrons. The van der Waals surface area contributed by atoms with Gasteiger partial charge >= 0.3 is 0 Å². The molecule has 6 heteroatoms. The molecule has 1 aromatic carbocycles. The number of rotatable bonds is 3. The fourth-order valence-corrected chi connectivity index (χ4v) is 3.46. The highest BCUT2D eigenvalue weighted by Gasteiger charge is 2.40. The van der Waals surface area contributed by atoms with Gasteiger partial charge < -0.3 is 10.6 Å². The number of H-pyrrole nitrogens is 1. The Morgan fingerprint density at radius 3 is 2.70 bits per heavy atom. The van der Waals surface area contributed by atoms with Crippen LogP contribution in [0.2, 0.25) is 0 Å². The van der Waals surface area contributed by atoms with Crippen LogP contribution in [0.25, 0.3) is 0 Å². The minimum atomic E-state index is -0.216. The summed E-state index contributed by atoms with van der Waals surface area (Å²) in [6.45, 7) is 1.65. The lowest BCUT2D eigenvalue weighted by Gasteiger charge is -2.43. The van der Waals surface area contributed by atoms with Gasteiger partial charge in [-0.3, -0.25) is 9.89 Å². The number of carbonyl (C=O) groups excluding carboxylic acids is 1. The first kappa shape index (κ1) is 16.0. The van der Waals surface area contributed by atoms with Gasteiger partial charge in [0, 0.05) is 30.8 Å². The average molecular weight is 333 g/mol. The summed E-state index contributed by atoms with van der Waals surface area (Å²) in [5, 5.41) is 13.8. The number of hydrogen-bond donors (Lipinski definition) is 3. The van der Waals surface area contributed by atoms with E-state index >= 15 is 0 Å². The summed E-state index contributed by atoms with van der Waals surface area (Å²) < 4.78 is 0. The summed E-state index contributed by atoms with van der Waals surface area (Å²) in [6, 6.07) is 10.3. The third-order valence-electron chi connectivity index (χ3n) is 4.91. The largest absolute Gasteiger partial charge is 0.341 e. The molecule has 1 aliphatic heterocycles. The van der Waals surface area contributed by atoms with E-state index in [0.29, 0.717) is 12.2 Å². The second-order valence-electron chi connectivity index (χ2n) is 6.21. The second kappa shape index (κ2) is 6.34. The van der Waals surface area contributed by atoms with Crippen LogP contribution >= 0.6 is 12.4 Å². The maximum absolute atomic E-state index is 12.7. The molecule has 1 amide bonds. The molecule has 1 aliphatic carbocycles. The standard InChI is InChI=1S/C17H20N4O.ClH/c22-16(15-13-11-18-10-7-14(13)20-21-15)19-17(8-4-9-17)12-5-2-1-3-6-12;/h1-3,5-6,18H,4,7-11H2,(H,19,22)(H,20,21);1H. The number of aromatic nitrogens is 2. The Morgan fingerprint density at radius 2 is 2.00 bits per heavy atom. The van der Waals surface area contributed by atoms with Crippen LogP contribution in [0.1, 0.15) is 46.6 Å². The fraction of sp³-hybridized carbons (Fsp3) is 0.412. The van der Waals surface area contributed by atoms with Gasteiger partial charge in [0.1, 0.15) is 0 Å². The van der Waals surface area contributed by atoms with Crippen LogP contribution in [0.3, 0.4) is 0 Å². The minimum absolute atomic E-state index is 0. The number of nitrogens with one attached hydrogen (secondary N) is 3. The molecule has 1 aromatic heterocycles. The summed E-state index contributed by atoms with van der Waals surface area (Å²) in [5.74, 6) is -0.0650. The van der Waals surface area contributed by atoms with E-state index in [1.165, 1.54) is 5.56 Å². The van der Waals surface area contributed by atoms with Crippen LogP contribution in [0, 0.1) is 0 Å². The first-order chi connectivity index (χ1) is 10.8. The lowest BCUT2D eigenvalue weighted by Crippen LogP contribution is -2.51. The Morgan fingerprint density at radius 1 is 1.22 bits per heavy atom. The number of amides is 1. The van der Waals surface area contributed by atoms with Crippen LogP contribution in [-0.4, -0.2) is 22.6 Å². The SMILES string of the molecule is Cl.O=C(NC1(c2ccccc2)CCC1)c1n[nH]c2c1CNCC2. The summed E-state index contributed by atoms with van der Waals surface area (Å²) in [7, 11) is 0. The van der Waals surface area contributed by atoms with Gasteiger partial charge in [0.05, 0.1) is 5.54 Å². The fourth-order valence-electron chi connectivity index (χ4n) is 3.46. The third kappa shape index (κ3) is 2.75. The molecule has 4 rings (SSSR count). The van der Waals surface area contributed by atoms with Crippen molar-refractivity contribution in [3.8, 4) is 0 Å². The average Bonchev–Trinajstić information content (AvgIpc) is 2.96. The van der Waals surface area contributed by atoms with Crippen LogP contribution in [0.4, 0.5) is 0 Å². The minimum Gasteiger partial charge on any atom is -0.341 e. The summed E-state index contributed by atoms with van der Waals surface area (Å²) in [4.78, 5) is 12.7. The van der Waals surface area contributed by atoms with Gasteiger partial charge in [-0.1, -0.05) is 30.3 Å². The number of fused-ring (bicyclic) bond motifs is 1. The first-order valence-corrected chi connectivity index (χ1v) is 7.93. The molecule has 23 heavy (non-hydrogen) atoms. The first-order valence-electron chi connectivity index (χ1n) is 7.93. The Hall–Kier alpha value is -1.85. The maximum Gasteiger partial charge on any atom is 0.272 e. The van der Waals surface area contributed by atoms with E-state index in [-0.39, 0.29) is 23.9 Å². The molecule has 1 saturated carbocycles. The van der Waals surface area contributed by atoms with Gasteiger partial charge in [-0.15, -0.1) is 12.4 Å². The molecule has 0 bridgehead atoms. The van der Waals surface area contributed by atoms with Crippen molar-refractivity contribution in [3.05, 3.63) is 52.8 Å². The van der Waals surface area contributed by atoms with E-state index in [2.05, 4.69) is 33.0 Å². The Balaban J connectivity index is 0.00000156. The number of aromatic amines is 1. The predicted octanol–water partition coefficient (Wildman–Crippen LogP) is 2.29. The summed E-state index contributed by atoms with van der Waals surface area (Å²) in [6.07, 6.45) is 4.04. The molecule has 2 heterocycles. The molecular formula is C17H21ClN4O. The lowest BCUT2D eigenvalue weighted by molar-refractivity contribution is 0.0817. The quantitative estimate of drug-likeness (QED) is 0.807. The molecule has 1 fully saturated rings. The summed E-state index contributed by atoms with van der Waals surface area (Å²) in [5.41, 5.74) is 3.63. The van der Waals surface area contributed by atoms with E-state index in [1.807, 2.05) is 18.2 Å². The van der Waals surface area contributed by atoms with Gasteiger partial charge in [0.25, 0.3) is 5.91 Å². The predicted molar refractivity (Wildman–Crippen MR) is 90.7 cm³/mol. The zero-order chi connectivity index (χ0) is 15.0. The van der Waals surface area contributed by atoms with Gasteiger partial charge in [-0.2, -0.15) is 5.10 Å². The molecular weight excluding hydrogens is 312 g/mol. The third-order valence-corrected chi connectivity index (χ3v) is 4.91. The zero-order valence-corrected chi connectivity index (χ0v) is 13.7. The molecule has 2 aromatic rings. The molecule has 3 N–H and O–H groups in total. The second-order valence-corrected chi connectivity index (χ2v) is 6.21. The van der Waals surface area contributed by atoms with Crippen molar-refractivity contribution in [2.75, 3.05) is 6.54 Å². The van der Waals surface area contributed by atoms with Crippen LogP contribution in [0.15, 0.2) is 30.3 Å². The highest BCUT2D eigenvalue weighted by atomic mass is 35.5. The van der Waals surface area contributed by atoms with E-state index in [1.54, 1.807) is 0 Å².